The van der Waals surface area contributed by atoms with E-state index >= 15 is 0 Å². The number of nitrogens with zero attached hydrogens (tertiary/aromatic N) is 2. The van der Waals surface area contributed by atoms with Gasteiger partial charge in [-0.25, -0.2) is 4.79 Å². The smallest absolute Gasteiger partial charge is 0.328 e. The maximum Gasteiger partial charge on any atom is 0.328 e. The van der Waals surface area contributed by atoms with E-state index in [-0.39, 0.29) is 18.9 Å². The maximum atomic E-state index is 12.0. The SMILES string of the molecule is CC1=CCN(C(=O)CCn2ccc(=O)[nH]c2=O)CC1. The standard InChI is InChI=1S/C13H17N3O3/c1-10-2-6-15(7-3-10)12(18)5-9-16-8-4-11(17)14-13(16)19/h2,4,8H,3,5-7,9H2,1H3,(H,14,17,19). The number of rotatable bonds is 3. The van der Waals surface area contributed by atoms with Gasteiger partial charge in [-0.15, -0.1) is 0 Å². The van der Waals surface area contributed by atoms with Crippen molar-refractivity contribution in [2.75, 3.05) is 13.1 Å². The third kappa shape index (κ3) is 3.43. The van der Waals surface area contributed by atoms with Gasteiger partial charge in [-0.2, -0.15) is 0 Å². The molecule has 0 fully saturated rings. The molecule has 1 aliphatic heterocycles. The molecule has 1 aliphatic rings. The van der Waals surface area contributed by atoms with Gasteiger partial charge >= 0.3 is 5.69 Å². The zero-order valence-corrected chi connectivity index (χ0v) is 10.9. The summed E-state index contributed by atoms with van der Waals surface area (Å²) >= 11 is 0. The van der Waals surface area contributed by atoms with Crippen LogP contribution in [-0.2, 0) is 11.3 Å². The van der Waals surface area contributed by atoms with Crippen molar-refractivity contribution in [2.24, 2.45) is 0 Å². The van der Waals surface area contributed by atoms with Crippen molar-refractivity contribution in [1.82, 2.24) is 14.5 Å². The number of carbonyl (C=O) groups excluding carboxylic acids is 1. The van der Waals surface area contributed by atoms with Crippen LogP contribution in [0.25, 0.3) is 0 Å². The molecule has 0 atom stereocenters. The van der Waals surface area contributed by atoms with Crippen LogP contribution in [0.2, 0.25) is 0 Å². The lowest BCUT2D eigenvalue weighted by Gasteiger charge is -2.25. The summed E-state index contributed by atoms with van der Waals surface area (Å²) < 4.78 is 1.34. The molecule has 0 saturated carbocycles. The van der Waals surface area contributed by atoms with Gasteiger partial charge in [0.2, 0.25) is 5.91 Å². The Morgan fingerprint density at radius 1 is 1.42 bits per heavy atom. The monoisotopic (exact) mass is 263 g/mol. The molecule has 2 heterocycles. The zero-order valence-electron chi connectivity index (χ0n) is 10.9. The van der Waals surface area contributed by atoms with Crippen LogP contribution in [0.1, 0.15) is 19.8 Å². The van der Waals surface area contributed by atoms with Crippen molar-refractivity contribution < 1.29 is 4.79 Å². The zero-order chi connectivity index (χ0) is 13.8. The van der Waals surface area contributed by atoms with E-state index in [0.29, 0.717) is 6.54 Å². The number of hydrogen-bond acceptors (Lipinski definition) is 3. The average molecular weight is 263 g/mol. The van der Waals surface area contributed by atoms with Crippen molar-refractivity contribution in [3.63, 3.8) is 0 Å². The molecule has 0 radical (unpaired) electrons. The summed E-state index contributed by atoms with van der Waals surface area (Å²) in [7, 11) is 0. The molecule has 1 amide bonds. The summed E-state index contributed by atoms with van der Waals surface area (Å²) in [6, 6.07) is 1.28. The normalized spacial score (nSPS) is 15.2. The quantitative estimate of drug-likeness (QED) is 0.786. The van der Waals surface area contributed by atoms with Crippen LogP contribution >= 0.6 is 0 Å². The minimum absolute atomic E-state index is 0.0295. The lowest BCUT2D eigenvalue weighted by Crippen LogP contribution is -2.36. The van der Waals surface area contributed by atoms with E-state index in [1.54, 1.807) is 4.90 Å². The molecule has 102 valence electrons. The second-order valence-corrected chi connectivity index (χ2v) is 4.69. The fraction of sp³-hybridized carbons (Fsp3) is 0.462. The minimum Gasteiger partial charge on any atom is -0.339 e. The van der Waals surface area contributed by atoms with Crippen LogP contribution in [0, 0.1) is 0 Å². The third-order valence-corrected chi connectivity index (χ3v) is 3.25. The highest BCUT2D eigenvalue weighted by atomic mass is 16.2. The average Bonchev–Trinajstić information content (AvgIpc) is 2.38. The summed E-state index contributed by atoms with van der Waals surface area (Å²) in [5.41, 5.74) is 0.403. The van der Waals surface area contributed by atoms with E-state index in [9.17, 15) is 14.4 Å². The van der Waals surface area contributed by atoms with Gasteiger partial charge in [0, 0.05) is 38.3 Å². The highest BCUT2D eigenvalue weighted by Gasteiger charge is 2.15. The van der Waals surface area contributed by atoms with Crippen LogP contribution in [0.15, 0.2) is 33.5 Å². The fourth-order valence-electron chi connectivity index (χ4n) is 1.99. The molecule has 0 aliphatic carbocycles. The molecule has 0 saturated heterocycles. The molecular formula is C13H17N3O3. The van der Waals surface area contributed by atoms with Crippen LogP contribution in [0.3, 0.4) is 0 Å². The van der Waals surface area contributed by atoms with Crippen LogP contribution in [0.4, 0.5) is 0 Å². The molecule has 1 aromatic heterocycles. The summed E-state index contributed by atoms with van der Waals surface area (Å²) in [6.45, 7) is 3.72. The molecule has 19 heavy (non-hydrogen) atoms. The Morgan fingerprint density at radius 2 is 2.21 bits per heavy atom. The second-order valence-electron chi connectivity index (χ2n) is 4.69. The first-order valence-corrected chi connectivity index (χ1v) is 6.29. The topological polar surface area (TPSA) is 75.2 Å². The van der Waals surface area contributed by atoms with Gasteiger partial charge in [-0.05, 0) is 13.3 Å². The highest BCUT2D eigenvalue weighted by molar-refractivity contribution is 5.76. The molecule has 0 aromatic carbocycles. The largest absolute Gasteiger partial charge is 0.339 e. The van der Waals surface area contributed by atoms with E-state index in [0.717, 1.165) is 13.0 Å². The molecule has 0 bridgehead atoms. The Kier molecular flexibility index (Phi) is 3.99. The first-order valence-electron chi connectivity index (χ1n) is 6.29. The molecule has 6 nitrogen and oxygen atoms in total. The van der Waals surface area contributed by atoms with Gasteiger partial charge in [0.25, 0.3) is 5.56 Å². The Labute approximate surface area is 110 Å². The highest BCUT2D eigenvalue weighted by Crippen LogP contribution is 2.10. The first kappa shape index (κ1) is 13.3. The third-order valence-electron chi connectivity index (χ3n) is 3.25. The number of carbonyl (C=O) groups is 1. The van der Waals surface area contributed by atoms with Gasteiger partial charge in [-0.1, -0.05) is 11.6 Å². The Balaban J connectivity index is 1.93. The number of H-pyrrole nitrogens is 1. The molecule has 0 spiro atoms. The van der Waals surface area contributed by atoms with Crippen molar-refractivity contribution in [1.29, 1.82) is 0 Å². The van der Waals surface area contributed by atoms with E-state index in [4.69, 9.17) is 0 Å². The number of aromatic amines is 1. The van der Waals surface area contributed by atoms with E-state index in [1.807, 2.05) is 6.08 Å². The summed E-state index contributed by atoms with van der Waals surface area (Å²) in [4.78, 5) is 38.3. The minimum atomic E-state index is -0.477. The van der Waals surface area contributed by atoms with Gasteiger partial charge in [-0.3, -0.25) is 14.6 Å². The Bertz CT molecular complexity index is 612. The molecule has 0 unspecified atom stereocenters. The predicted molar refractivity (Wildman–Crippen MR) is 70.9 cm³/mol. The molecule has 1 aromatic rings. The summed E-state index contributed by atoms with van der Waals surface area (Å²) in [6.07, 6.45) is 4.63. The van der Waals surface area contributed by atoms with Crippen molar-refractivity contribution >= 4 is 5.91 Å². The first-order chi connectivity index (χ1) is 9.06. The molecule has 2 rings (SSSR count). The summed E-state index contributed by atoms with van der Waals surface area (Å²) in [5, 5.41) is 0. The Morgan fingerprint density at radius 3 is 2.84 bits per heavy atom. The lowest BCUT2D eigenvalue weighted by atomic mass is 10.1. The van der Waals surface area contributed by atoms with Crippen LogP contribution < -0.4 is 11.2 Å². The molecular weight excluding hydrogens is 246 g/mol. The lowest BCUT2D eigenvalue weighted by molar-refractivity contribution is -0.131. The second kappa shape index (κ2) is 5.69. The number of amides is 1. The van der Waals surface area contributed by atoms with Crippen LogP contribution in [-0.4, -0.2) is 33.4 Å². The van der Waals surface area contributed by atoms with Crippen molar-refractivity contribution in [3.05, 3.63) is 44.8 Å². The van der Waals surface area contributed by atoms with Gasteiger partial charge in [0.1, 0.15) is 0 Å². The number of hydrogen-bond donors (Lipinski definition) is 1. The van der Waals surface area contributed by atoms with Gasteiger partial charge < -0.3 is 9.47 Å². The van der Waals surface area contributed by atoms with Gasteiger partial charge in [0.15, 0.2) is 0 Å². The number of aryl methyl sites for hydroxylation is 1. The maximum absolute atomic E-state index is 12.0. The van der Waals surface area contributed by atoms with E-state index in [1.165, 1.54) is 22.4 Å². The Hall–Kier alpha value is -2.11. The van der Waals surface area contributed by atoms with Crippen molar-refractivity contribution in [3.8, 4) is 0 Å². The fourth-order valence-corrected chi connectivity index (χ4v) is 1.99. The number of nitrogens with one attached hydrogen (secondary N) is 1. The molecule has 1 N–H and O–H groups in total. The predicted octanol–water partition coefficient (Wildman–Crippen LogP) is 0.105. The van der Waals surface area contributed by atoms with Crippen LogP contribution in [0.5, 0.6) is 0 Å². The number of aromatic nitrogens is 2. The van der Waals surface area contributed by atoms with E-state index in [2.05, 4.69) is 11.9 Å². The van der Waals surface area contributed by atoms with E-state index < -0.39 is 11.2 Å². The summed E-state index contributed by atoms with van der Waals surface area (Å²) in [5.74, 6) is 0.0295. The van der Waals surface area contributed by atoms with Crippen molar-refractivity contribution in [2.45, 2.75) is 26.3 Å². The van der Waals surface area contributed by atoms with Gasteiger partial charge in [0.05, 0.1) is 0 Å². The molecule has 6 heteroatoms.